The predicted molar refractivity (Wildman–Crippen MR) is 87.3 cm³/mol. The molecule has 1 saturated heterocycles. The Labute approximate surface area is 133 Å². The molecule has 1 amide bonds. The number of piperidine rings is 1. The average Bonchev–Trinajstić information content (AvgIpc) is 3.03. The summed E-state index contributed by atoms with van der Waals surface area (Å²) in [5, 5.41) is -0.271. The first-order valence-electron chi connectivity index (χ1n) is 8.65. The van der Waals surface area contributed by atoms with E-state index in [1.54, 1.807) is 0 Å². The summed E-state index contributed by atoms with van der Waals surface area (Å²) in [6.45, 7) is 1.47. The van der Waals surface area contributed by atoms with Gasteiger partial charge < -0.3 is 4.90 Å². The Morgan fingerprint density at radius 2 is 1.91 bits per heavy atom. The molecule has 124 valence electrons. The number of allylic oxidation sites excluding steroid dienone is 2. The third-order valence-electron chi connectivity index (χ3n) is 5.71. The molecule has 1 saturated carbocycles. The summed E-state index contributed by atoms with van der Waals surface area (Å²) in [5.41, 5.74) is 0.208. The molecule has 3 aliphatic rings. The van der Waals surface area contributed by atoms with Crippen LogP contribution in [0.15, 0.2) is 12.2 Å². The fourth-order valence-electron chi connectivity index (χ4n) is 4.36. The highest BCUT2D eigenvalue weighted by atomic mass is 32.2. The van der Waals surface area contributed by atoms with E-state index in [1.165, 1.54) is 0 Å². The third kappa shape index (κ3) is 3.39. The molecule has 1 unspecified atom stereocenters. The number of amides is 1. The highest BCUT2D eigenvalue weighted by molar-refractivity contribution is 7.92. The van der Waals surface area contributed by atoms with Crippen molar-refractivity contribution < 1.29 is 13.2 Å². The summed E-state index contributed by atoms with van der Waals surface area (Å²) in [4.78, 5) is 14.4. The van der Waals surface area contributed by atoms with Gasteiger partial charge in [0.25, 0.3) is 0 Å². The standard InChI is InChI=1S/C17H27NO3S/c19-16(13-22(20,21)15-7-2-3-8-15)18-12-6-11-17(14-18)9-4-1-5-10-17/h1,4,15H,2-3,5-14H2. The second-order valence-corrected chi connectivity index (χ2v) is 9.63. The summed E-state index contributed by atoms with van der Waals surface area (Å²) in [7, 11) is -3.26. The van der Waals surface area contributed by atoms with E-state index >= 15 is 0 Å². The van der Waals surface area contributed by atoms with Gasteiger partial charge in [-0.25, -0.2) is 8.42 Å². The van der Waals surface area contributed by atoms with Crippen molar-refractivity contribution in [2.24, 2.45) is 5.41 Å². The van der Waals surface area contributed by atoms with Crippen molar-refractivity contribution in [3.05, 3.63) is 12.2 Å². The molecule has 2 aliphatic carbocycles. The molecule has 3 rings (SSSR count). The summed E-state index contributed by atoms with van der Waals surface area (Å²) in [5.74, 6) is -0.440. The maximum absolute atomic E-state index is 12.5. The Morgan fingerprint density at radius 3 is 2.59 bits per heavy atom. The van der Waals surface area contributed by atoms with E-state index in [9.17, 15) is 13.2 Å². The molecule has 22 heavy (non-hydrogen) atoms. The number of rotatable bonds is 3. The minimum absolute atomic E-state index is 0.166. The zero-order valence-electron chi connectivity index (χ0n) is 13.3. The first-order valence-corrected chi connectivity index (χ1v) is 10.4. The first-order chi connectivity index (χ1) is 10.5. The fourth-order valence-corrected chi connectivity index (χ4v) is 6.18. The number of sulfone groups is 1. The summed E-state index contributed by atoms with van der Waals surface area (Å²) >= 11 is 0. The highest BCUT2D eigenvalue weighted by Gasteiger charge is 2.38. The van der Waals surface area contributed by atoms with Gasteiger partial charge in [0, 0.05) is 13.1 Å². The highest BCUT2D eigenvalue weighted by Crippen LogP contribution is 2.40. The van der Waals surface area contributed by atoms with Crippen LogP contribution >= 0.6 is 0 Å². The van der Waals surface area contributed by atoms with Crippen LogP contribution in [0, 0.1) is 5.41 Å². The third-order valence-corrected chi connectivity index (χ3v) is 7.84. The van der Waals surface area contributed by atoms with Gasteiger partial charge in [-0.2, -0.15) is 0 Å². The molecule has 5 heteroatoms. The van der Waals surface area contributed by atoms with Gasteiger partial charge in [-0.15, -0.1) is 0 Å². The van der Waals surface area contributed by atoms with E-state index in [-0.39, 0.29) is 22.3 Å². The van der Waals surface area contributed by atoms with Crippen molar-refractivity contribution >= 4 is 15.7 Å². The lowest BCUT2D eigenvalue weighted by Crippen LogP contribution is -2.48. The molecule has 0 bridgehead atoms. The van der Waals surface area contributed by atoms with Gasteiger partial charge >= 0.3 is 0 Å². The van der Waals surface area contributed by atoms with E-state index in [2.05, 4.69) is 12.2 Å². The minimum atomic E-state index is -3.26. The van der Waals surface area contributed by atoms with E-state index < -0.39 is 9.84 Å². The molecule has 0 radical (unpaired) electrons. The van der Waals surface area contributed by atoms with Gasteiger partial charge in [-0.05, 0) is 50.4 Å². The summed E-state index contributed by atoms with van der Waals surface area (Å²) in [6, 6.07) is 0. The molecule has 2 fully saturated rings. The van der Waals surface area contributed by atoms with E-state index in [0.717, 1.165) is 70.9 Å². The molecule has 0 aromatic rings. The van der Waals surface area contributed by atoms with Crippen LogP contribution in [0.4, 0.5) is 0 Å². The number of hydrogen-bond donors (Lipinski definition) is 0. The minimum Gasteiger partial charge on any atom is -0.341 e. The van der Waals surface area contributed by atoms with Crippen LogP contribution in [0.5, 0.6) is 0 Å². The molecule has 0 N–H and O–H groups in total. The maximum Gasteiger partial charge on any atom is 0.237 e. The van der Waals surface area contributed by atoms with Crippen molar-refractivity contribution in [2.45, 2.75) is 63.0 Å². The van der Waals surface area contributed by atoms with Crippen molar-refractivity contribution in [1.29, 1.82) is 0 Å². The smallest absolute Gasteiger partial charge is 0.237 e. The lowest BCUT2D eigenvalue weighted by molar-refractivity contribution is -0.132. The molecular weight excluding hydrogens is 298 g/mol. The first kappa shape index (κ1) is 16.0. The van der Waals surface area contributed by atoms with Gasteiger partial charge in [0.1, 0.15) is 5.75 Å². The number of likely N-dealkylation sites (tertiary alicyclic amines) is 1. The van der Waals surface area contributed by atoms with Crippen molar-refractivity contribution in [2.75, 3.05) is 18.8 Å². The van der Waals surface area contributed by atoms with E-state index in [0.29, 0.717) is 0 Å². The van der Waals surface area contributed by atoms with Gasteiger partial charge in [0.2, 0.25) is 5.91 Å². The van der Waals surface area contributed by atoms with Crippen molar-refractivity contribution in [3.8, 4) is 0 Å². The predicted octanol–water partition coefficient (Wildman–Crippen LogP) is 2.69. The second kappa shape index (κ2) is 6.34. The Hall–Kier alpha value is -0.840. The summed E-state index contributed by atoms with van der Waals surface area (Å²) < 4.78 is 24.8. The van der Waals surface area contributed by atoms with Crippen LogP contribution in [-0.2, 0) is 14.6 Å². The Kier molecular flexibility index (Phi) is 4.62. The molecule has 1 spiro atoms. The SMILES string of the molecule is O=C(CS(=O)(=O)C1CCCC1)N1CCCC2(CC=CCC2)C1. The fraction of sp³-hybridized carbons (Fsp3) is 0.824. The van der Waals surface area contributed by atoms with Crippen LogP contribution < -0.4 is 0 Å². The Balaban J connectivity index is 1.63. The zero-order chi connectivity index (χ0) is 15.6. The molecule has 0 aromatic heterocycles. The number of nitrogens with zero attached hydrogens (tertiary/aromatic N) is 1. The van der Waals surface area contributed by atoms with Crippen LogP contribution in [0.1, 0.15) is 57.8 Å². The number of carbonyl (C=O) groups is 1. The summed E-state index contributed by atoms with van der Waals surface area (Å²) in [6.07, 6.45) is 13.3. The topological polar surface area (TPSA) is 54.5 Å². The molecular formula is C17H27NO3S. The lowest BCUT2D eigenvalue weighted by atomic mass is 9.71. The molecule has 1 heterocycles. The van der Waals surface area contributed by atoms with Crippen molar-refractivity contribution in [3.63, 3.8) is 0 Å². The number of hydrogen-bond acceptors (Lipinski definition) is 3. The van der Waals surface area contributed by atoms with Crippen LogP contribution in [0.3, 0.4) is 0 Å². The lowest BCUT2D eigenvalue weighted by Gasteiger charge is -2.44. The average molecular weight is 325 g/mol. The molecule has 4 nitrogen and oxygen atoms in total. The van der Waals surface area contributed by atoms with Crippen molar-refractivity contribution in [1.82, 2.24) is 4.90 Å². The zero-order valence-corrected chi connectivity index (χ0v) is 14.1. The molecule has 0 aromatic carbocycles. The van der Waals surface area contributed by atoms with Gasteiger partial charge in [0.15, 0.2) is 9.84 Å². The van der Waals surface area contributed by atoms with Gasteiger partial charge in [-0.3, -0.25) is 4.79 Å². The van der Waals surface area contributed by atoms with Gasteiger partial charge in [0.05, 0.1) is 5.25 Å². The van der Waals surface area contributed by atoms with Gasteiger partial charge in [-0.1, -0.05) is 25.0 Å². The maximum atomic E-state index is 12.5. The normalized spacial score (nSPS) is 30.1. The van der Waals surface area contributed by atoms with Crippen LogP contribution in [-0.4, -0.2) is 43.3 Å². The monoisotopic (exact) mass is 325 g/mol. The Morgan fingerprint density at radius 1 is 1.14 bits per heavy atom. The Bertz CT molecular complexity index is 548. The van der Waals surface area contributed by atoms with Crippen LogP contribution in [0.2, 0.25) is 0 Å². The number of carbonyl (C=O) groups excluding carboxylic acids is 1. The van der Waals surface area contributed by atoms with E-state index in [4.69, 9.17) is 0 Å². The molecule has 1 atom stereocenters. The molecule has 1 aliphatic heterocycles. The largest absolute Gasteiger partial charge is 0.341 e. The van der Waals surface area contributed by atoms with E-state index in [1.807, 2.05) is 4.90 Å². The van der Waals surface area contributed by atoms with Crippen LogP contribution in [0.25, 0.3) is 0 Å². The second-order valence-electron chi connectivity index (χ2n) is 7.35. The quantitative estimate of drug-likeness (QED) is 0.750.